The lowest BCUT2D eigenvalue weighted by molar-refractivity contribution is -0.157. The van der Waals surface area contributed by atoms with Crippen LogP contribution in [0.3, 0.4) is 0 Å². The SMILES string of the molecule is CC(=O)O[C@@H]1CC[C@@H]2[C@H]3CCC4=CC(=O)CC[C@@]4(C)[C@@H]3CC[C@]21C. The van der Waals surface area contributed by atoms with Crippen LogP contribution in [0.4, 0.5) is 0 Å². The van der Waals surface area contributed by atoms with Gasteiger partial charge in [-0.15, -0.1) is 0 Å². The minimum absolute atomic E-state index is 0.110. The third kappa shape index (κ3) is 2.23. The maximum Gasteiger partial charge on any atom is 0.302 e. The monoisotopic (exact) mass is 330 g/mol. The van der Waals surface area contributed by atoms with Gasteiger partial charge in [0, 0.05) is 18.8 Å². The van der Waals surface area contributed by atoms with Gasteiger partial charge in [-0.1, -0.05) is 19.4 Å². The molecule has 3 heteroatoms. The maximum absolute atomic E-state index is 11.9. The van der Waals surface area contributed by atoms with Crippen LogP contribution in [0, 0.1) is 28.6 Å². The number of hydrogen-bond acceptors (Lipinski definition) is 3. The van der Waals surface area contributed by atoms with Crippen LogP contribution in [0.1, 0.15) is 72.1 Å². The van der Waals surface area contributed by atoms with Crippen molar-refractivity contribution in [2.45, 2.75) is 78.2 Å². The molecule has 0 unspecified atom stereocenters. The molecule has 6 atom stereocenters. The zero-order chi connectivity index (χ0) is 17.1. The first kappa shape index (κ1) is 16.4. The van der Waals surface area contributed by atoms with Gasteiger partial charge in [0.05, 0.1) is 0 Å². The molecule has 0 heterocycles. The fourth-order valence-electron chi connectivity index (χ4n) is 6.91. The highest BCUT2D eigenvalue weighted by atomic mass is 16.5. The molecule has 0 radical (unpaired) electrons. The van der Waals surface area contributed by atoms with E-state index >= 15 is 0 Å². The summed E-state index contributed by atoms with van der Waals surface area (Å²) in [6, 6.07) is 0. The lowest BCUT2D eigenvalue weighted by atomic mass is 9.47. The van der Waals surface area contributed by atoms with Gasteiger partial charge in [0.25, 0.3) is 0 Å². The zero-order valence-electron chi connectivity index (χ0n) is 15.3. The molecule has 0 aromatic heterocycles. The van der Waals surface area contributed by atoms with Crippen molar-refractivity contribution in [1.82, 2.24) is 0 Å². The van der Waals surface area contributed by atoms with Crippen molar-refractivity contribution in [2.24, 2.45) is 28.6 Å². The smallest absolute Gasteiger partial charge is 0.302 e. The molecule has 3 fully saturated rings. The van der Waals surface area contributed by atoms with Gasteiger partial charge in [0.2, 0.25) is 0 Å². The Hall–Kier alpha value is -1.12. The number of esters is 1. The number of ketones is 1. The lowest BCUT2D eigenvalue weighted by Crippen LogP contribution is -2.51. The third-order valence-electron chi connectivity index (χ3n) is 8.18. The largest absolute Gasteiger partial charge is 0.462 e. The van der Waals surface area contributed by atoms with E-state index in [4.69, 9.17) is 4.74 Å². The number of carbonyl (C=O) groups excluding carboxylic acids is 2. The van der Waals surface area contributed by atoms with Crippen molar-refractivity contribution >= 4 is 11.8 Å². The Balaban J connectivity index is 1.62. The first-order valence-electron chi connectivity index (χ1n) is 9.76. The van der Waals surface area contributed by atoms with Crippen molar-refractivity contribution < 1.29 is 14.3 Å². The highest BCUT2D eigenvalue weighted by Gasteiger charge is 2.59. The maximum atomic E-state index is 11.9. The second-order valence-corrected chi connectivity index (χ2v) is 9.19. The second-order valence-electron chi connectivity index (χ2n) is 9.19. The van der Waals surface area contributed by atoms with E-state index in [1.54, 1.807) is 6.92 Å². The molecule has 24 heavy (non-hydrogen) atoms. The molecule has 0 N–H and O–H groups in total. The van der Waals surface area contributed by atoms with E-state index in [1.807, 2.05) is 6.08 Å². The highest BCUT2D eigenvalue weighted by Crippen LogP contribution is 2.65. The summed E-state index contributed by atoms with van der Waals surface area (Å²) >= 11 is 0. The average Bonchev–Trinajstić information content (AvgIpc) is 2.84. The van der Waals surface area contributed by atoms with E-state index in [2.05, 4.69) is 13.8 Å². The number of rotatable bonds is 1. The molecule has 0 aromatic rings. The van der Waals surface area contributed by atoms with E-state index in [0.717, 1.165) is 38.0 Å². The van der Waals surface area contributed by atoms with E-state index in [9.17, 15) is 9.59 Å². The summed E-state index contributed by atoms with van der Waals surface area (Å²) in [5.41, 5.74) is 1.82. The Kier molecular flexibility index (Phi) is 3.71. The van der Waals surface area contributed by atoms with E-state index in [0.29, 0.717) is 17.6 Å². The fourth-order valence-corrected chi connectivity index (χ4v) is 6.91. The summed E-state index contributed by atoms with van der Waals surface area (Å²) in [4.78, 5) is 23.4. The zero-order valence-corrected chi connectivity index (χ0v) is 15.3. The van der Waals surface area contributed by atoms with Crippen molar-refractivity contribution in [3.63, 3.8) is 0 Å². The molecule has 4 aliphatic rings. The van der Waals surface area contributed by atoms with Gasteiger partial charge in [-0.2, -0.15) is 0 Å². The van der Waals surface area contributed by atoms with Crippen LogP contribution >= 0.6 is 0 Å². The highest BCUT2D eigenvalue weighted by molar-refractivity contribution is 5.91. The number of fused-ring (bicyclic) bond motifs is 5. The molecular weight excluding hydrogens is 300 g/mol. The fraction of sp³-hybridized carbons (Fsp3) is 0.810. The summed E-state index contributed by atoms with van der Waals surface area (Å²) in [7, 11) is 0. The van der Waals surface area contributed by atoms with Crippen LogP contribution in [0.2, 0.25) is 0 Å². The Morgan fingerprint density at radius 1 is 1.08 bits per heavy atom. The second kappa shape index (κ2) is 5.44. The van der Waals surface area contributed by atoms with Gasteiger partial charge in [-0.25, -0.2) is 0 Å². The molecule has 4 aliphatic carbocycles. The normalized spacial score (nSPS) is 47.3. The van der Waals surface area contributed by atoms with Gasteiger partial charge in [0.15, 0.2) is 5.78 Å². The molecule has 0 bridgehead atoms. The average molecular weight is 330 g/mol. The molecule has 0 spiro atoms. The van der Waals surface area contributed by atoms with Gasteiger partial charge < -0.3 is 4.74 Å². The van der Waals surface area contributed by atoms with Crippen LogP contribution in [-0.2, 0) is 14.3 Å². The summed E-state index contributed by atoms with van der Waals surface area (Å²) < 4.78 is 5.71. The van der Waals surface area contributed by atoms with E-state index in [1.165, 1.54) is 24.8 Å². The predicted octanol–water partition coefficient (Wildman–Crippen LogP) is 4.45. The Morgan fingerprint density at radius 2 is 1.88 bits per heavy atom. The number of allylic oxidation sites excluding steroid dienone is 1. The van der Waals surface area contributed by atoms with Crippen molar-refractivity contribution in [1.29, 1.82) is 0 Å². The van der Waals surface area contributed by atoms with Crippen LogP contribution in [0.25, 0.3) is 0 Å². The van der Waals surface area contributed by atoms with Gasteiger partial charge in [-0.05, 0) is 74.2 Å². The quantitative estimate of drug-likeness (QED) is 0.667. The minimum Gasteiger partial charge on any atom is -0.462 e. The molecule has 0 saturated heterocycles. The predicted molar refractivity (Wildman–Crippen MR) is 92.3 cm³/mol. The molecule has 0 amide bonds. The Bertz CT molecular complexity index is 606. The van der Waals surface area contributed by atoms with Crippen molar-refractivity contribution in [2.75, 3.05) is 0 Å². The summed E-state index contributed by atoms with van der Waals surface area (Å²) in [5, 5.41) is 0. The Morgan fingerprint density at radius 3 is 2.62 bits per heavy atom. The van der Waals surface area contributed by atoms with Gasteiger partial charge in [-0.3, -0.25) is 9.59 Å². The van der Waals surface area contributed by atoms with Gasteiger partial charge >= 0.3 is 5.97 Å². The van der Waals surface area contributed by atoms with Gasteiger partial charge in [0.1, 0.15) is 6.10 Å². The molecule has 0 aliphatic heterocycles. The number of ether oxygens (including phenoxy) is 1. The van der Waals surface area contributed by atoms with Crippen molar-refractivity contribution in [3.05, 3.63) is 11.6 Å². The molecule has 132 valence electrons. The minimum atomic E-state index is -0.129. The number of carbonyl (C=O) groups is 2. The summed E-state index contributed by atoms with van der Waals surface area (Å²) in [6.45, 7) is 6.33. The topological polar surface area (TPSA) is 43.4 Å². The summed E-state index contributed by atoms with van der Waals surface area (Å²) in [5.74, 6) is 2.32. The van der Waals surface area contributed by atoms with E-state index in [-0.39, 0.29) is 22.9 Å². The molecule has 3 saturated carbocycles. The lowest BCUT2D eigenvalue weighted by Gasteiger charge is -2.57. The summed E-state index contributed by atoms with van der Waals surface area (Å²) in [6.07, 6.45) is 10.8. The molecular formula is C21H30O3. The first-order chi connectivity index (χ1) is 11.3. The molecule has 0 aromatic carbocycles. The van der Waals surface area contributed by atoms with Crippen LogP contribution in [-0.4, -0.2) is 17.9 Å². The Labute approximate surface area is 145 Å². The standard InChI is InChI=1S/C21H30O3/c1-13(22)24-19-7-6-17-16-5-4-14-12-15(23)8-10-20(14,2)18(16)9-11-21(17,19)3/h12,16-19H,4-11H2,1-3H3/t16-,17-,18-,19-,20-,21-/m1/s1. The molecule has 4 rings (SSSR count). The first-order valence-corrected chi connectivity index (χ1v) is 9.76. The van der Waals surface area contributed by atoms with Crippen LogP contribution in [0.15, 0.2) is 11.6 Å². The number of hydrogen-bond donors (Lipinski definition) is 0. The van der Waals surface area contributed by atoms with E-state index < -0.39 is 0 Å². The van der Waals surface area contributed by atoms with Crippen LogP contribution < -0.4 is 0 Å². The van der Waals surface area contributed by atoms with Crippen molar-refractivity contribution in [3.8, 4) is 0 Å². The third-order valence-corrected chi connectivity index (χ3v) is 8.18. The molecule has 3 nitrogen and oxygen atoms in total. The van der Waals surface area contributed by atoms with Crippen LogP contribution in [0.5, 0.6) is 0 Å².